The van der Waals surface area contributed by atoms with E-state index >= 15 is 0 Å². The molecular formula is C9H15N5O4. The van der Waals surface area contributed by atoms with Gasteiger partial charge in [-0.3, -0.25) is 10.1 Å². The topological polar surface area (TPSA) is 125 Å². The van der Waals surface area contributed by atoms with Crippen LogP contribution in [0.25, 0.3) is 0 Å². The van der Waals surface area contributed by atoms with E-state index in [-0.39, 0.29) is 17.8 Å². The molecule has 9 heteroatoms. The zero-order valence-corrected chi connectivity index (χ0v) is 10.1. The van der Waals surface area contributed by atoms with E-state index in [4.69, 9.17) is 15.3 Å². The summed E-state index contributed by atoms with van der Waals surface area (Å²) in [6.07, 6.45) is 0.759. The van der Waals surface area contributed by atoms with Crippen LogP contribution in [0.4, 0.5) is 11.5 Å². The summed E-state index contributed by atoms with van der Waals surface area (Å²) in [5.41, 5.74) is 1.73. The molecule has 0 fully saturated rings. The number of rotatable bonds is 7. The molecule has 9 nitrogen and oxygen atoms in total. The van der Waals surface area contributed by atoms with Crippen LogP contribution in [0.5, 0.6) is 5.88 Å². The molecule has 0 spiro atoms. The number of hydrogen-bond donors (Lipinski definition) is 2. The molecule has 100 valence electrons. The fourth-order valence-electron chi connectivity index (χ4n) is 1.23. The Bertz CT molecular complexity index is 414. The number of nitrogens with two attached hydrogens (primary N) is 1. The molecule has 18 heavy (non-hydrogen) atoms. The van der Waals surface area contributed by atoms with Crippen LogP contribution < -0.4 is 16.0 Å². The minimum atomic E-state index is -0.655. The average Bonchev–Trinajstić information content (AvgIpc) is 2.35. The van der Waals surface area contributed by atoms with Crippen LogP contribution in [0.3, 0.4) is 0 Å². The monoisotopic (exact) mass is 257 g/mol. The number of nitro groups is 1. The molecule has 0 aromatic carbocycles. The highest BCUT2D eigenvalue weighted by atomic mass is 16.6. The molecule has 1 heterocycles. The maximum Gasteiger partial charge on any atom is 0.374 e. The Balaban J connectivity index is 2.90. The lowest BCUT2D eigenvalue weighted by atomic mass is 10.4. The normalized spacial score (nSPS) is 11.9. The van der Waals surface area contributed by atoms with Crippen LogP contribution in [0.2, 0.25) is 0 Å². The number of aromatic nitrogens is 2. The maximum absolute atomic E-state index is 10.9. The van der Waals surface area contributed by atoms with E-state index in [9.17, 15) is 10.1 Å². The third kappa shape index (κ3) is 3.50. The van der Waals surface area contributed by atoms with Gasteiger partial charge >= 0.3 is 5.69 Å². The first-order valence-corrected chi connectivity index (χ1v) is 5.30. The SMILES string of the molecule is CCOCC(C)Oc1ncnc(NN)c1[N+](=O)[O-]. The number of nitrogen functional groups attached to an aromatic ring is 1. The van der Waals surface area contributed by atoms with Gasteiger partial charge in [-0.1, -0.05) is 0 Å². The number of hydrogen-bond acceptors (Lipinski definition) is 8. The molecule has 0 radical (unpaired) electrons. The minimum absolute atomic E-state index is 0.103. The predicted octanol–water partition coefficient (Wildman–Crippen LogP) is 0.474. The van der Waals surface area contributed by atoms with Gasteiger partial charge in [0.1, 0.15) is 12.4 Å². The van der Waals surface area contributed by atoms with Gasteiger partial charge in [0.25, 0.3) is 5.88 Å². The van der Waals surface area contributed by atoms with Gasteiger partial charge in [0.15, 0.2) is 0 Å². The van der Waals surface area contributed by atoms with Crippen LogP contribution in [0, 0.1) is 10.1 Å². The summed E-state index contributed by atoms with van der Waals surface area (Å²) >= 11 is 0. The first kappa shape index (κ1) is 14.1. The van der Waals surface area contributed by atoms with Gasteiger partial charge in [-0.05, 0) is 13.8 Å². The lowest BCUT2D eigenvalue weighted by Gasteiger charge is -2.13. The summed E-state index contributed by atoms with van der Waals surface area (Å²) in [4.78, 5) is 17.6. The van der Waals surface area contributed by atoms with Crippen LogP contribution in [0.1, 0.15) is 13.8 Å². The lowest BCUT2D eigenvalue weighted by Crippen LogP contribution is -2.21. The maximum atomic E-state index is 10.9. The fourth-order valence-corrected chi connectivity index (χ4v) is 1.23. The van der Waals surface area contributed by atoms with Gasteiger partial charge < -0.3 is 14.9 Å². The Labute approximate surface area is 103 Å². The summed E-state index contributed by atoms with van der Waals surface area (Å²) in [5.74, 6) is 4.90. The van der Waals surface area contributed by atoms with Crippen LogP contribution in [-0.4, -0.2) is 34.2 Å². The van der Waals surface area contributed by atoms with E-state index < -0.39 is 10.6 Å². The summed E-state index contributed by atoms with van der Waals surface area (Å²) in [6.45, 7) is 4.41. The lowest BCUT2D eigenvalue weighted by molar-refractivity contribution is -0.385. The van der Waals surface area contributed by atoms with E-state index in [0.29, 0.717) is 13.2 Å². The Kier molecular flexibility index (Phi) is 5.21. The first-order valence-electron chi connectivity index (χ1n) is 5.30. The molecule has 1 atom stereocenters. The smallest absolute Gasteiger partial charge is 0.374 e. The average molecular weight is 257 g/mol. The molecule has 0 aliphatic carbocycles. The van der Waals surface area contributed by atoms with Crippen molar-refractivity contribution in [2.45, 2.75) is 20.0 Å². The third-order valence-corrected chi connectivity index (χ3v) is 1.98. The van der Waals surface area contributed by atoms with Gasteiger partial charge in [0.05, 0.1) is 11.5 Å². The molecule has 3 N–H and O–H groups in total. The van der Waals surface area contributed by atoms with Crippen LogP contribution >= 0.6 is 0 Å². The van der Waals surface area contributed by atoms with Crippen molar-refractivity contribution in [3.8, 4) is 5.88 Å². The number of anilines is 1. The van der Waals surface area contributed by atoms with Gasteiger partial charge in [0, 0.05) is 6.61 Å². The second-order valence-electron chi connectivity index (χ2n) is 3.37. The summed E-state index contributed by atoms with van der Waals surface area (Å²) in [6, 6.07) is 0. The van der Waals surface area contributed by atoms with Gasteiger partial charge in [-0.15, -0.1) is 0 Å². The zero-order valence-electron chi connectivity index (χ0n) is 10.1. The molecule has 0 saturated heterocycles. The predicted molar refractivity (Wildman–Crippen MR) is 63.1 cm³/mol. The second kappa shape index (κ2) is 6.67. The Morgan fingerprint density at radius 1 is 1.61 bits per heavy atom. The molecule has 1 aromatic heterocycles. The highest BCUT2D eigenvalue weighted by molar-refractivity contribution is 5.60. The highest BCUT2D eigenvalue weighted by Gasteiger charge is 2.25. The molecule has 1 unspecified atom stereocenters. The van der Waals surface area contributed by atoms with E-state index in [1.807, 2.05) is 6.92 Å². The number of nitrogens with one attached hydrogen (secondary N) is 1. The van der Waals surface area contributed by atoms with Crippen molar-refractivity contribution in [1.82, 2.24) is 9.97 Å². The molecular weight excluding hydrogens is 242 g/mol. The first-order chi connectivity index (χ1) is 8.60. The Morgan fingerprint density at radius 3 is 2.89 bits per heavy atom. The standard InChI is InChI=1S/C9H15N5O4/c1-3-17-4-6(2)18-9-7(14(15)16)8(13-10)11-5-12-9/h5-6H,3-4,10H2,1-2H3,(H,11,12,13). The largest absolute Gasteiger partial charge is 0.467 e. The quantitative estimate of drug-likeness (QED) is 0.410. The van der Waals surface area contributed by atoms with Crippen molar-refractivity contribution < 1.29 is 14.4 Å². The zero-order chi connectivity index (χ0) is 13.5. The summed E-state index contributed by atoms with van der Waals surface area (Å²) in [5, 5.41) is 10.9. The number of ether oxygens (including phenoxy) is 2. The number of nitrogens with zero attached hydrogens (tertiary/aromatic N) is 3. The molecule has 0 aliphatic heterocycles. The molecule has 0 amide bonds. The van der Waals surface area contributed by atoms with Crippen molar-refractivity contribution >= 4 is 11.5 Å². The van der Waals surface area contributed by atoms with Crippen molar-refractivity contribution in [3.63, 3.8) is 0 Å². The second-order valence-corrected chi connectivity index (χ2v) is 3.37. The van der Waals surface area contributed by atoms with E-state index in [0.717, 1.165) is 6.33 Å². The third-order valence-electron chi connectivity index (χ3n) is 1.98. The van der Waals surface area contributed by atoms with Crippen molar-refractivity contribution in [2.75, 3.05) is 18.6 Å². The summed E-state index contributed by atoms with van der Waals surface area (Å²) in [7, 11) is 0. The molecule has 1 rings (SSSR count). The van der Waals surface area contributed by atoms with E-state index in [2.05, 4.69) is 15.4 Å². The van der Waals surface area contributed by atoms with E-state index in [1.54, 1.807) is 6.92 Å². The van der Waals surface area contributed by atoms with Gasteiger partial charge in [-0.2, -0.15) is 4.98 Å². The van der Waals surface area contributed by atoms with Gasteiger partial charge in [0.2, 0.25) is 5.82 Å². The van der Waals surface area contributed by atoms with Crippen molar-refractivity contribution in [3.05, 3.63) is 16.4 Å². The van der Waals surface area contributed by atoms with Gasteiger partial charge in [-0.25, -0.2) is 10.8 Å². The Morgan fingerprint density at radius 2 is 2.33 bits per heavy atom. The summed E-state index contributed by atoms with van der Waals surface area (Å²) < 4.78 is 10.5. The minimum Gasteiger partial charge on any atom is -0.467 e. The van der Waals surface area contributed by atoms with Crippen LogP contribution in [0.15, 0.2) is 6.33 Å². The van der Waals surface area contributed by atoms with Crippen molar-refractivity contribution in [1.29, 1.82) is 0 Å². The van der Waals surface area contributed by atoms with E-state index in [1.165, 1.54) is 0 Å². The van der Waals surface area contributed by atoms with Crippen LogP contribution in [-0.2, 0) is 4.74 Å². The fraction of sp³-hybridized carbons (Fsp3) is 0.556. The number of hydrazine groups is 1. The Hall–Kier alpha value is -2.00. The molecule has 0 saturated carbocycles. The van der Waals surface area contributed by atoms with Crippen molar-refractivity contribution in [2.24, 2.45) is 5.84 Å². The molecule has 0 bridgehead atoms. The molecule has 0 aliphatic rings. The molecule has 1 aromatic rings. The highest BCUT2D eigenvalue weighted by Crippen LogP contribution is 2.30.